The maximum absolute atomic E-state index is 12.7. The molecule has 2 aromatic rings. The lowest BCUT2D eigenvalue weighted by Crippen LogP contribution is -2.40. The number of nitrogens with one attached hydrogen (secondary N) is 1. The largest absolute Gasteiger partial charge is 0.495 e. The Morgan fingerprint density at radius 2 is 2.00 bits per heavy atom. The van der Waals surface area contributed by atoms with Crippen LogP contribution in [0.2, 0.25) is 0 Å². The van der Waals surface area contributed by atoms with E-state index >= 15 is 0 Å². The van der Waals surface area contributed by atoms with Crippen LogP contribution in [-0.4, -0.2) is 25.6 Å². The van der Waals surface area contributed by atoms with Crippen molar-refractivity contribution >= 4 is 11.9 Å². The Morgan fingerprint density at radius 3 is 2.54 bits per heavy atom. The van der Waals surface area contributed by atoms with Crippen molar-refractivity contribution in [3.8, 4) is 17.6 Å². The molecular weight excluding hydrogens is 370 g/mol. The number of carbonyl (C=O) groups is 1. The Kier molecular flexibility index (Phi) is 5.13. The van der Waals surface area contributed by atoms with E-state index in [9.17, 15) is 18.8 Å². The van der Waals surface area contributed by atoms with Crippen LogP contribution in [0.15, 0.2) is 47.5 Å². The van der Waals surface area contributed by atoms with Gasteiger partial charge in [-0.1, -0.05) is 18.2 Å². The second kappa shape index (κ2) is 7.52. The summed E-state index contributed by atoms with van der Waals surface area (Å²) in [6.45, 7) is -2.93. The van der Waals surface area contributed by atoms with E-state index in [4.69, 9.17) is 10.5 Å². The number of hydrogen-bond acceptors (Lipinski definition) is 6. The van der Waals surface area contributed by atoms with Gasteiger partial charge in [-0.2, -0.15) is 14.0 Å². The van der Waals surface area contributed by atoms with Crippen LogP contribution in [0.25, 0.3) is 0 Å². The van der Waals surface area contributed by atoms with Crippen molar-refractivity contribution in [3.63, 3.8) is 0 Å². The number of halogens is 2. The normalized spacial score (nSPS) is 18.4. The number of methoxy groups -OCH3 is 1. The molecule has 1 aliphatic heterocycles. The Morgan fingerprint density at radius 1 is 1.29 bits per heavy atom. The molecule has 0 saturated heterocycles. The number of carbonyl (C=O) groups excluding carboxylic acids is 1. The number of hydrogen-bond donors (Lipinski definition) is 2. The zero-order valence-electron chi connectivity index (χ0n) is 14.8. The number of ether oxygens (including phenoxy) is 2. The summed E-state index contributed by atoms with van der Waals surface area (Å²) in [6.07, 6.45) is 0.103. The summed E-state index contributed by atoms with van der Waals surface area (Å²) in [4.78, 5) is 17.0. The summed E-state index contributed by atoms with van der Waals surface area (Å²) in [7, 11) is 1.44. The van der Waals surface area contributed by atoms with Crippen molar-refractivity contribution in [2.45, 2.75) is 18.6 Å². The highest BCUT2D eigenvalue weighted by Gasteiger charge is 2.45. The molecule has 1 atom stereocenters. The molecule has 0 saturated carbocycles. The summed E-state index contributed by atoms with van der Waals surface area (Å²) in [5, 5.41) is 11.8. The molecule has 0 fully saturated rings. The van der Waals surface area contributed by atoms with Gasteiger partial charge < -0.3 is 15.2 Å². The van der Waals surface area contributed by atoms with Crippen LogP contribution in [0.1, 0.15) is 16.7 Å². The van der Waals surface area contributed by atoms with Crippen LogP contribution in [-0.2, 0) is 16.8 Å². The number of aliphatic imine (C=N–C) groups is 1. The van der Waals surface area contributed by atoms with Crippen LogP contribution >= 0.6 is 0 Å². The number of nitrogens with zero attached hydrogens (tertiary/aromatic N) is 2. The maximum Gasteiger partial charge on any atom is 0.387 e. The van der Waals surface area contributed by atoms with Crippen LogP contribution in [0.3, 0.4) is 0 Å². The first kappa shape index (κ1) is 19.1. The summed E-state index contributed by atoms with van der Waals surface area (Å²) >= 11 is 0. The highest BCUT2D eigenvalue weighted by molar-refractivity contribution is 6.07. The number of nitriles is 1. The van der Waals surface area contributed by atoms with Gasteiger partial charge in [0.15, 0.2) is 11.5 Å². The molecule has 1 aliphatic rings. The lowest BCUT2D eigenvalue weighted by molar-refractivity contribution is -0.124. The van der Waals surface area contributed by atoms with E-state index in [2.05, 4.69) is 15.0 Å². The molecule has 0 bridgehead atoms. The van der Waals surface area contributed by atoms with E-state index in [0.29, 0.717) is 16.9 Å². The number of alkyl halides is 2. The third-order valence-corrected chi connectivity index (χ3v) is 4.33. The van der Waals surface area contributed by atoms with Crippen molar-refractivity contribution in [3.05, 3.63) is 59.2 Å². The zero-order chi connectivity index (χ0) is 20.3. The minimum Gasteiger partial charge on any atom is -0.495 e. The van der Waals surface area contributed by atoms with Gasteiger partial charge in [-0.15, -0.1) is 0 Å². The summed E-state index contributed by atoms with van der Waals surface area (Å²) in [5.74, 6) is -0.128. The monoisotopic (exact) mass is 386 g/mol. The van der Waals surface area contributed by atoms with Crippen LogP contribution < -0.4 is 20.5 Å². The minimum atomic E-state index is -2.93. The molecule has 7 nitrogen and oxygen atoms in total. The van der Waals surface area contributed by atoms with E-state index in [1.54, 1.807) is 24.3 Å². The van der Waals surface area contributed by atoms with Crippen molar-refractivity contribution in [1.29, 1.82) is 5.26 Å². The fourth-order valence-corrected chi connectivity index (χ4v) is 3.06. The maximum atomic E-state index is 12.7. The van der Waals surface area contributed by atoms with E-state index < -0.39 is 18.1 Å². The first-order valence-corrected chi connectivity index (χ1v) is 8.17. The van der Waals surface area contributed by atoms with Gasteiger partial charge in [-0.3, -0.25) is 10.1 Å². The second-order valence-electron chi connectivity index (χ2n) is 6.04. The molecule has 1 unspecified atom stereocenters. The molecule has 9 heteroatoms. The molecule has 0 radical (unpaired) electrons. The van der Waals surface area contributed by atoms with E-state index in [1.165, 1.54) is 25.3 Å². The number of amides is 1. The SMILES string of the molecule is COc1ccc(C2(Cc3ccc(OC(F)F)cc3)N=C(N)NC2=O)cc1C#N. The van der Waals surface area contributed by atoms with Crippen LogP contribution in [0.4, 0.5) is 8.78 Å². The first-order chi connectivity index (χ1) is 13.4. The Balaban J connectivity index is 2.01. The molecule has 1 heterocycles. The standard InChI is InChI=1S/C19H16F2N4O3/c1-27-15-7-4-13(8-12(15)10-22)19(16(26)24-18(23)25-19)9-11-2-5-14(6-3-11)28-17(20)21/h2-8,17H,9H2,1H3,(H3,23,24,25,26). The van der Waals surface area contributed by atoms with Crippen molar-refractivity contribution in [2.75, 3.05) is 7.11 Å². The predicted molar refractivity (Wildman–Crippen MR) is 95.9 cm³/mol. The van der Waals surface area contributed by atoms with Crippen molar-refractivity contribution < 1.29 is 23.0 Å². The molecule has 3 rings (SSSR count). The lowest BCUT2D eigenvalue weighted by atomic mass is 9.83. The van der Waals surface area contributed by atoms with Gasteiger partial charge in [0.1, 0.15) is 17.6 Å². The molecule has 0 aromatic heterocycles. The lowest BCUT2D eigenvalue weighted by Gasteiger charge is -2.24. The Bertz CT molecular complexity index is 970. The molecular formula is C19H16F2N4O3. The summed E-state index contributed by atoms with van der Waals surface area (Å²) in [6, 6.07) is 12.6. The van der Waals surface area contributed by atoms with Crippen molar-refractivity contribution in [1.82, 2.24) is 5.32 Å². The third-order valence-electron chi connectivity index (χ3n) is 4.33. The first-order valence-electron chi connectivity index (χ1n) is 8.17. The molecule has 1 amide bonds. The molecule has 28 heavy (non-hydrogen) atoms. The topological polar surface area (TPSA) is 110 Å². The fourth-order valence-electron chi connectivity index (χ4n) is 3.06. The fraction of sp³-hybridized carbons (Fsp3) is 0.211. The number of benzene rings is 2. The average Bonchev–Trinajstić information content (AvgIpc) is 2.96. The van der Waals surface area contributed by atoms with Gasteiger partial charge in [-0.05, 0) is 35.4 Å². The summed E-state index contributed by atoms with van der Waals surface area (Å²) < 4.78 is 34.1. The smallest absolute Gasteiger partial charge is 0.387 e. The molecule has 144 valence electrons. The highest BCUT2D eigenvalue weighted by atomic mass is 19.3. The molecule has 3 N–H and O–H groups in total. The number of rotatable bonds is 6. The quantitative estimate of drug-likeness (QED) is 0.790. The molecule has 0 aliphatic carbocycles. The van der Waals surface area contributed by atoms with Crippen molar-refractivity contribution in [2.24, 2.45) is 10.7 Å². The van der Waals surface area contributed by atoms with E-state index in [-0.39, 0.29) is 23.7 Å². The number of nitrogens with two attached hydrogens (primary N) is 1. The second-order valence-corrected chi connectivity index (χ2v) is 6.04. The van der Waals surface area contributed by atoms with Gasteiger partial charge in [0.05, 0.1) is 12.7 Å². The van der Waals surface area contributed by atoms with Gasteiger partial charge >= 0.3 is 6.61 Å². The average molecular weight is 386 g/mol. The zero-order valence-corrected chi connectivity index (χ0v) is 14.8. The van der Waals surface area contributed by atoms with Crippen LogP contribution in [0.5, 0.6) is 11.5 Å². The number of guanidine groups is 1. The Labute approximate surface area is 159 Å². The predicted octanol–water partition coefficient (Wildman–Crippen LogP) is 2.05. The highest BCUT2D eigenvalue weighted by Crippen LogP contribution is 2.36. The van der Waals surface area contributed by atoms with E-state index in [0.717, 1.165) is 0 Å². The minimum absolute atomic E-state index is 0.00269. The molecule has 2 aromatic carbocycles. The third kappa shape index (κ3) is 3.57. The van der Waals surface area contributed by atoms with E-state index in [1.807, 2.05) is 6.07 Å². The van der Waals surface area contributed by atoms with Crippen LogP contribution in [0, 0.1) is 11.3 Å². The molecule has 0 spiro atoms. The van der Waals surface area contributed by atoms with Gasteiger partial charge in [0.25, 0.3) is 5.91 Å². The summed E-state index contributed by atoms with van der Waals surface area (Å²) in [5.41, 5.74) is 5.67. The Hall–Kier alpha value is -3.67. The van der Waals surface area contributed by atoms with Gasteiger partial charge in [-0.25, -0.2) is 4.99 Å². The van der Waals surface area contributed by atoms with Gasteiger partial charge in [0, 0.05) is 6.42 Å². The van der Waals surface area contributed by atoms with Gasteiger partial charge in [0.2, 0.25) is 0 Å².